The first kappa shape index (κ1) is 17.5. The molecule has 3 aromatic rings. The normalized spacial score (nSPS) is 11.7. The topological polar surface area (TPSA) is 114 Å². The Labute approximate surface area is 147 Å². The average Bonchev–Trinajstić information content (AvgIpc) is 2.89. The molecule has 2 N–H and O–H groups in total. The number of aryl methyl sites for hydroxylation is 2. The van der Waals surface area contributed by atoms with E-state index in [1.54, 1.807) is 27.3 Å². The number of hydrogen-bond acceptors (Lipinski definition) is 5. The SMILES string of the molecule is CCn1c(=O)n(CC)c2cc(N=Cc3c(O)n(C)c(=O)[nH]c3=O)ccc21. The van der Waals surface area contributed by atoms with E-state index in [0.29, 0.717) is 18.8 Å². The number of fused-ring (bicyclic) bond motifs is 1. The van der Waals surface area contributed by atoms with E-state index in [9.17, 15) is 19.5 Å². The Bertz CT molecular complexity index is 1190. The fourth-order valence-corrected chi connectivity index (χ4v) is 2.88. The third-order valence-corrected chi connectivity index (χ3v) is 4.31. The third-order valence-electron chi connectivity index (χ3n) is 4.31. The van der Waals surface area contributed by atoms with Crippen molar-refractivity contribution in [2.24, 2.45) is 12.0 Å². The molecule has 0 aliphatic heterocycles. The van der Waals surface area contributed by atoms with Gasteiger partial charge in [-0.15, -0.1) is 0 Å². The molecule has 0 atom stereocenters. The standard InChI is InChI=1S/C17H19N5O4/c1-4-21-12-7-6-10(8-13(12)22(5-2)17(21)26)18-9-11-14(23)19-16(25)20(3)15(11)24/h6-9,24H,4-5H2,1-3H3,(H,19,23,25). The summed E-state index contributed by atoms with van der Waals surface area (Å²) in [6.45, 7) is 4.88. The lowest BCUT2D eigenvalue weighted by Gasteiger charge is -2.03. The van der Waals surface area contributed by atoms with Gasteiger partial charge in [-0.1, -0.05) is 0 Å². The van der Waals surface area contributed by atoms with Gasteiger partial charge in [0, 0.05) is 26.4 Å². The van der Waals surface area contributed by atoms with Gasteiger partial charge in [0.05, 0.1) is 16.7 Å². The maximum absolute atomic E-state index is 12.4. The van der Waals surface area contributed by atoms with Crippen LogP contribution in [0.4, 0.5) is 5.69 Å². The van der Waals surface area contributed by atoms with Crippen molar-refractivity contribution in [3.8, 4) is 5.88 Å². The van der Waals surface area contributed by atoms with E-state index in [0.717, 1.165) is 15.6 Å². The van der Waals surface area contributed by atoms with Crippen molar-refractivity contribution in [3.05, 3.63) is 55.1 Å². The zero-order valence-corrected chi connectivity index (χ0v) is 14.7. The molecule has 9 heteroatoms. The second kappa shape index (κ2) is 6.51. The highest BCUT2D eigenvalue weighted by Gasteiger charge is 2.12. The number of aromatic hydroxyl groups is 1. The van der Waals surface area contributed by atoms with E-state index >= 15 is 0 Å². The van der Waals surface area contributed by atoms with Gasteiger partial charge in [-0.2, -0.15) is 0 Å². The van der Waals surface area contributed by atoms with Gasteiger partial charge < -0.3 is 5.11 Å². The number of hydrogen-bond donors (Lipinski definition) is 2. The Morgan fingerprint density at radius 1 is 1.12 bits per heavy atom. The molecule has 0 saturated heterocycles. The van der Waals surface area contributed by atoms with Crippen LogP contribution in [0.3, 0.4) is 0 Å². The summed E-state index contributed by atoms with van der Waals surface area (Å²) >= 11 is 0. The molecule has 0 amide bonds. The molecule has 26 heavy (non-hydrogen) atoms. The summed E-state index contributed by atoms with van der Waals surface area (Å²) in [5.41, 5.74) is 0.427. The second-order valence-electron chi connectivity index (χ2n) is 5.76. The number of rotatable bonds is 4. The number of benzene rings is 1. The van der Waals surface area contributed by atoms with Crippen molar-refractivity contribution in [2.75, 3.05) is 0 Å². The summed E-state index contributed by atoms with van der Waals surface area (Å²) in [7, 11) is 1.34. The highest BCUT2D eigenvalue weighted by Crippen LogP contribution is 2.21. The maximum Gasteiger partial charge on any atom is 0.330 e. The lowest BCUT2D eigenvalue weighted by molar-refractivity contribution is 0.417. The Kier molecular flexibility index (Phi) is 4.37. The summed E-state index contributed by atoms with van der Waals surface area (Å²) < 4.78 is 4.24. The molecule has 2 aromatic heterocycles. The predicted octanol–water partition coefficient (Wildman–Crippen LogP) is 0.686. The van der Waals surface area contributed by atoms with Gasteiger partial charge in [-0.05, 0) is 32.0 Å². The van der Waals surface area contributed by atoms with E-state index in [1.807, 2.05) is 13.8 Å². The van der Waals surface area contributed by atoms with E-state index < -0.39 is 17.1 Å². The first-order chi connectivity index (χ1) is 12.4. The first-order valence-corrected chi connectivity index (χ1v) is 8.18. The molecule has 0 bridgehead atoms. The Morgan fingerprint density at radius 3 is 2.42 bits per heavy atom. The number of aromatic amines is 1. The van der Waals surface area contributed by atoms with Gasteiger partial charge in [-0.25, -0.2) is 9.59 Å². The number of imidazole rings is 1. The fraction of sp³-hybridized carbons (Fsp3) is 0.294. The number of H-pyrrole nitrogens is 1. The zero-order chi connectivity index (χ0) is 19.0. The number of aliphatic imine (C=N–C) groups is 1. The van der Waals surface area contributed by atoms with Gasteiger partial charge in [0.15, 0.2) is 0 Å². The van der Waals surface area contributed by atoms with E-state index in [2.05, 4.69) is 9.98 Å². The summed E-state index contributed by atoms with van der Waals surface area (Å²) in [6.07, 6.45) is 1.19. The van der Waals surface area contributed by atoms with Gasteiger partial charge in [-0.3, -0.25) is 28.5 Å². The highest BCUT2D eigenvalue weighted by atomic mass is 16.3. The fourth-order valence-electron chi connectivity index (χ4n) is 2.88. The van der Waals surface area contributed by atoms with Crippen LogP contribution in [0.15, 0.2) is 37.6 Å². The second-order valence-corrected chi connectivity index (χ2v) is 5.76. The molecular weight excluding hydrogens is 338 g/mol. The molecule has 9 nitrogen and oxygen atoms in total. The Hall–Kier alpha value is -3.36. The monoisotopic (exact) mass is 357 g/mol. The molecule has 0 saturated carbocycles. The molecule has 0 fully saturated rings. The number of nitrogens with one attached hydrogen (secondary N) is 1. The van der Waals surface area contributed by atoms with Crippen LogP contribution >= 0.6 is 0 Å². The van der Waals surface area contributed by atoms with Crippen molar-refractivity contribution >= 4 is 22.9 Å². The van der Waals surface area contributed by atoms with Crippen molar-refractivity contribution in [1.82, 2.24) is 18.7 Å². The van der Waals surface area contributed by atoms with Crippen LogP contribution in [0.5, 0.6) is 5.88 Å². The van der Waals surface area contributed by atoms with Crippen LogP contribution in [-0.2, 0) is 20.1 Å². The molecule has 0 unspecified atom stereocenters. The van der Waals surface area contributed by atoms with Crippen LogP contribution in [-0.4, -0.2) is 30.0 Å². The quantitative estimate of drug-likeness (QED) is 0.668. The minimum Gasteiger partial charge on any atom is -0.494 e. The third kappa shape index (κ3) is 2.67. The molecule has 0 aliphatic carbocycles. The summed E-state index contributed by atoms with van der Waals surface area (Å²) in [6, 6.07) is 5.26. The average molecular weight is 357 g/mol. The van der Waals surface area contributed by atoms with Crippen molar-refractivity contribution in [2.45, 2.75) is 26.9 Å². The Balaban J connectivity index is 2.12. The van der Waals surface area contributed by atoms with Crippen molar-refractivity contribution < 1.29 is 5.11 Å². The van der Waals surface area contributed by atoms with Gasteiger partial charge in [0.25, 0.3) is 5.56 Å². The molecule has 0 spiro atoms. The van der Waals surface area contributed by atoms with Gasteiger partial charge in [0.1, 0.15) is 5.56 Å². The van der Waals surface area contributed by atoms with Crippen molar-refractivity contribution in [3.63, 3.8) is 0 Å². The van der Waals surface area contributed by atoms with E-state index in [-0.39, 0.29) is 11.3 Å². The summed E-state index contributed by atoms with van der Waals surface area (Å²) in [5.74, 6) is -0.466. The Morgan fingerprint density at radius 2 is 1.77 bits per heavy atom. The number of nitrogens with zero attached hydrogens (tertiary/aromatic N) is 4. The molecule has 136 valence electrons. The molecule has 0 radical (unpaired) electrons. The van der Waals surface area contributed by atoms with Crippen LogP contribution in [0, 0.1) is 0 Å². The van der Waals surface area contributed by atoms with Gasteiger partial charge in [0.2, 0.25) is 5.88 Å². The molecular formula is C17H19N5O4. The largest absolute Gasteiger partial charge is 0.494 e. The smallest absolute Gasteiger partial charge is 0.330 e. The van der Waals surface area contributed by atoms with E-state index in [1.165, 1.54) is 13.3 Å². The summed E-state index contributed by atoms with van der Waals surface area (Å²) in [4.78, 5) is 42.0. The molecule has 0 aliphatic rings. The zero-order valence-electron chi connectivity index (χ0n) is 14.7. The molecule has 3 rings (SSSR count). The lowest BCUT2D eigenvalue weighted by atomic mass is 10.2. The van der Waals surface area contributed by atoms with Gasteiger partial charge >= 0.3 is 11.4 Å². The molecule has 2 heterocycles. The minimum absolute atomic E-state index is 0.0849. The molecule has 1 aromatic carbocycles. The van der Waals surface area contributed by atoms with Crippen molar-refractivity contribution in [1.29, 1.82) is 0 Å². The predicted molar refractivity (Wildman–Crippen MR) is 98.8 cm³/mol. The number of aromatic nitrogens is 4. The van der Waals surface area contributed by atoms with E-state index in [4.69, 9.17) is 0 Å². The maximum atomic E-state index is 12.4. The van der Waals surface area contributed by atoms with Crippen LogP contribution in [0.25, 0.3) is 11.0 Å². The lowest BCUT2D eigenvalue weighted by Crippen LogP contribution is -2.30. The highest BCUT2D eigenvalue weighted by molar-refractivity contribution is 5.86. The van der Waals surface area contributed by atoms with Crippen LogP contribution in [0.2, 0.25) is 0 Å². The van der Waals surface area contributed by atoms with Crippen LogP contribution < -0.4 is 16.9 Å². The summed E-state index contributed by atoms with van der Waals surface area (Å²) in [5, 5.41) is 9.97. The van der Waals surface area contributed by atoms with Crippen LogP contribution in [0.1, 0.15) is 19.4 Å². The minimum atomic E-state index is -0.724. The first-order valence-electron chi connectivity index (χ1n) is 8.18.